The highest BCUT2D eigenvalue weighted by Crippen LogP contribution is 2.17. The quantitative estimate of drug-likeness (QED) is 0.775. The van der Waals surface area contributed by atoms with Crippen LogP contribution in [0.5, 0.6) is 0 Å². The van der Waals surface area contributed by atoms with Crippen LogP contribution < -0.4 is 10.6 Å². The molecule has 1 atom stereocenters. The molecule has 0 saturated carbocycles. The number of benzene rings is 1. The van der Waals surface area contributed by atoms with E-state index in [-0.39, 0.29) is 0 Å². The largest absolute Gasteiger partial charge is 0.369 e. The molecule has 1 aromatic carbocycles. The molecule has 2 nitrogen and oxygen atoms in total. The predicted octanol–water partition coefficient (Wildman–Crippen LogP) is 2.25. The summed E-state index contributed by atoms with van der Waals surface area (Å²) in [6.45, 7) is 6.19. The number of rotatable bonds is 5. The van der Waals surface area contributed by atoms with Crippen LogP contribution in [-0.2, 0) is 0 Å². The fourth-order valence-corrected chi connectivity index (χ4v) is 1.77. The van der Waals surface area contributed by atoms with Crippen molar-refractivity contribution in [1.29, 1.82) is 0 Å². The van der Waals surface area contributed by atoms with E-state index in [4.69, 9.17) is 5.73 Å². The molecule has 1 rings (SSSR count). The second-order valence-corrected chi connectivity index (χ2v) is 3.55. The van der Waals surface area contributed by atoms with E-state index >= 15 is 0 Å². The molecular formula is C12H20N2. The Morgan fingerprint density at radius 1 is 1.29 bits per heavy atom. The van der Waals surface area contributed by atoms with Crippen LogP contribution in [-0.4, -0.2) is 19.1 Å². The summed E-state index contributed by atoms with van der Waals surface area (Å²) in [6.07, 6.45) is 1.04. The van der Waals surface area contributed by atoms with E-state index < -0.39 is 0 Å². The fraction of sp³-hybridized carbons (Fsp3) is 0.500. The highest BCUT2D eigenvalue weighted by Gasteiger charge is 2.10. The van der Waals surface area contributed by atoms with Crippen LogP contribution in [0, 0.1) is 0 Å². The van der Waals surface area contributed by atoms with Crippen molar-refractivity contribution in [3.05, 3.63) is 30.3 Å². The third-order valence-corrected chi connectivity index (χ3v) is 2.55. The summed E-state index contributed by atoms with van der Waals surface area (Å²) in [6, 6.07) is 11.0. The Balaban J connectivity index is 2.71. The molecule has 0 aliphatic heterocycles. The maximum Gasteiger partial charge on any atom is 0.0368 e. The normalized spacial score (nSPS) is 12.5. The van der Waals surface area contributed by atoms with Gasteiger partial charge in [0.25, 0.3) is 0 Å². The summed E-state index contributed by atoms with van der Waals surface area (Å²) in [5, 5.41) is 0. The van der Waals surface area contributed by atoms with E-state index in [9.17, 15) is 0 Å². The molecule has 1 unspecified atom stereocenters. The first-order valence-corrected chi connectivity index (χ1v) is 5.31. The van der Waals surface area contributed by atoms with Crippen molar-refractivity contribution < 1.29 is 0 Å². The highest BCUT2D eigenvalue weighted by molar-refractivity contribution is 5.46. The molecule has 14 heavy (non-hydrogen) atoms. The predicted molar refractivity (Wildman–Crippen MR) is 62.6 cm³/mol. The van der Waals surface area contributed by atoms with Gasteiger partial charge in [0.05, 0.1) is 0 Å². The molecular weight excluding hydrogens is 172 g/mol. The average Bonchev–Trinajstić information content (AvgIpc) is 2.21. The first-order valence-electron chi connectivity index (χ1n) is 5.31. The van der Waals surface area contributed by atoms with Crippen LogP contribution >= 0.6 is 0 Å². The summed E-state index contributed by atoms with van der Waals surface area (Å²) >= 11 is 0. The van der Waals surface area contributed by atoms with E-state index in [1.165, 1.54) is 5.69 Å². The smallest absolute Gasteiger partial charge is 0.0368 e. The summed E-state index contributed by atoms with van der Waals surface area (Å²) in [4.78, 5) is 2.38. The second-order valence-electron chi connectivity index (χ2n) is 3.55. The number of anilines is 1. The number of nitrogens with two attached hydrogens (primary N) is 1. The monoisotopic (exact) mass is 192 g/mol. The molecule has 0 saturated heterocycles. The van der Waals surface area contributed by atoms with Crippen LogP contribution in [0.25, 0.3) is 0 Å². The minimum atomic E-state index is 0.521. The Labute approximate surface area is 86.7 Å². The van der Waals surface area contributed by atoms with Crippen molar-refractivity contribution in [2.75, 3.05) is 18.0 Å². The van der Waals surface area contributed by atoms with Gasteiger partial charge < -0.3 is 10.6 Å². The summed E-state index contributed by atoms with van der Waals surface area (Å²) < 4.78 is 0. The van der Waals surface area contributed by atoms with Gasteiger partial charge in [0.15, 0.2) is 0 Å². The molecule has 0 spiro atoms. The van der Waals surface area contributed by atoms with Gasteiger partial charge in [-0.05, 0) is 38.9 Å². The molecule has 78 valence electrons. The highest BCUT2D eigenvalue weighted by atomic mass is 15.1. The van der Waals surface area contributed by atoms with E-state index in [0.717, 1.165) is 19.5 Å². The molecule has 0 aliphatic rings. The lowest BCUT2D eigenvalue weighted by Gasteiger charge is -2.30. The number of hydrogen-bond donors (Lipinski definition) is 1. The van der Waals surface area contributed by atoms with Gasteiger partial charge in [0, 0.05) is 18.3 Å². The Morgan fingerprint density at radius 2 is 1.93 bits per heavy atom. The van der Waals surface area contributed by atoms with Crippen molar-refractivity contribution >= 4 is 5.69 Å². The van der Waals surface area contributed by atoms with Crippen LogP contribution in [0.2, 0.25) is 0 Å². The van der Waals surface area contributed by atoms with Gasteiger partial charge >= 0.3 is 0 Å². The van der Waals surface area contributed by atoms with Gasteiger partial charge in [-0.1, -0.05) is 18.2 Å². The molecule has 0 radical (unpaired) electrons. The van der Waals surface area contributed by atoms with Gasteiger partial charge in [0.1, 0.15) is 0 Å². The zero-order valence-electron chi connectivity index (χ0n) is 9.11. The van der Waals surface area contributed by atoms with Gasteiger partial charge in [-0.3, -0.25) is 0 Å². The maximum absolute atomic E-state index is 5.57. The number of hydrogen-bond acceptors (Lipinski definition) is 2. The van der Waals surface area contributed by atoms with Crippen molar-refractivity contribution in [3.8, 4) is 0 Å². The lowest BCUT2D eigenvalue weighted by molar-refractivity contribution is 0.607. The van der Waals surface area contributed by atoms with E-state index in [2.05, 4.69) is 43.0 Å². The molecule has 2 N–H and O–H groups in total. The zero-order chi connectivity index (χ0) is 10.4. The Hall–Kier alpha value is -1.02. The standard InChI is InChI=1S/C12H20N2/c1-3-14(11(2)9-10-13)12-7-5-4-6-8-12/h4-8,11H,3,9-10,13H2,1-2H3. The number of nitrogens with zero attached hydrogens (tertiary/aromatic N) is 1. The first kappa shape index (κ1) is 11.1. The Kier molecular flexibility index (Phi) is 4.47. The molecule has 1 aromatic rings. The molecule has 0 amide bonds. The van der Waals surface area contributed by atoms with Crippen LogP contribution in [0.4, 0.5) is 5.69 Å². The van der Waals surface area contributed by atoms with Crippen molar-refractivity contribution in [1.82, 2.24) is 0 Å². The van der Waals surface area contributed by atoms with Crippen LogP contribution in [0.1, 0.15) is 20.3 Å². The summed E-state index contributed by atoms with van der Waals surface area (Å²) in [7, 11) is 0. The molecule has 2 heteroatoms. The van der Waals surface area contributed by atoms with Crippen molar-refractivity contribution in [2.24, 2.45) is 5.73 Å². The molecule has 0 aromatic heterocycles. The van der Waals surface area contributed by atoms with Gasteiger partial charge in [-0.2, -0.15) is 0 Å². The third-order valence-electron chi connectivity index (χ3n) is 2.55. The zero-order valence-corrected chi connectivity index (χ0v) is 9.11. The third kappa shape index (κ3) is 2.74. The fourth-order valence-electron chi connectivity index (χ4n) is 1.77. The SMILES string of the molecule is CCN(c1ccccc1)C(C)CCN. The van der Waals surface area contributed by atoms with E-state index in [1.54, 1.807) is 0 Å². The summed E-state index contributed by atoms with van der Waals surface area (Å²) in [5.74, 6) is 0. The molecule has 0 fully saturated rings. The maximum atomic E-state index is 5.57. The topological polar surface area (TPSA) is 29.3 Å². The van der Waals surface area contributed by atoms with Crippen molar-refractivity contribution in [2.45, 2.75) is 26.3 Å². The molecule has 0 heterocycles. The minimum absolute atomic E-state index is 0.521. The number of para-hydroxylation sites is 1. The Morgan fingerprint density at radius 3 is 2.43 bits per heavy atom. The molecule has 0 bridgehead atoms. The van der Waals surface area contributed by atoms with Crippen molar-refractivity contribution in [3.63, 3.8) is 0 Å². The van der Waals surface area contributed by atoms with Gasteiger partial charge in [-0.25, -0.2) is 0 Å². The Bertz CT molecular complexity index is 246. The second kappa shape index (κ2) is 5.66. The van der Waals surface area contributed by atoms with E-state index in [1.807, 2.05) is 6.07 Å². The van der Waals surface area contributed by atoms with Gasteiger partial charge in [-0.15, -0.1) is 0 Å². The van der Waals surface area contributed by atoms with Gasteiger partial charge in [0.2, 0.25) is 0 Å². The molecule has 0 aliphatic carbocycles. The lowest BCUT2D eigenvalue weighted by Crippen LogP contribution is -2.34. The first-order chi connectivity index (χ1) is 6.79. The summed E-state index contributed by atoms with van der Waals surface area (Å²) in [5.41, 5.74) is 6.86. The lowest BCUT2D eigenvalue weighted by atomic mass is 10.1. The van der Waals surface area contributed by atoms with E-state index in [0.29, 0.717) is 6.04 Å². The van der Waals surface area contributed by atoms with Crippen LogP contribution in [0.3, 0.4) is 0 Å². The average molecular weight is 192 g/mol. The van der Waals surface area contributed by atoms with Crippen LogP contribution in [0.15, 0.2) is 30.3 Å². The minimum Gasteiger partial charge on any atom is -0.369 e.